The first kappa shape index (κ1) is 27.2. The number of para-hydroxylation sites is 1. The molecule has 0 aliphatic heterocycles. The molecule has 186 valence electrons. The summed E-state index contributed by atoms with van der Waals surface area (Å²) in [7, 11) is -2.17. The average Bonchev–Trinajstić information content (AvgIpc) is 2.82. The highest BCUT2D eigenvalue weighted by atomic mass is 32.2. The van der Waals surface area contributed by atoms with Gasteiger partial charge in [0, 0.05) is 12.6 Å². The normalized spacial score (nSPS) is 13.0. The molecular weight excluding hydrogens is 454 g/mol. The van der Waals surface area contributed by atoms with Crippen molar-refractivity contribution in [2.45, 2.75) is 52.2 Å². The number of ether oxygens (including phenoxy) is 1. The third-order valence-electron chi connectivity index (χ3n) is 5.62. The second kappa shape index (κ2) is 12.4. The SMILES string of the molecule is CC[C@@H](C)NC(=O)[C@H](CC)N(Cc1ccc(OC)cc1)C(=O)CN(c1ccccc1)S(C)(=O)=O. The summed E-state index contributed by atoms with van der Waals surface area (Å²) in [6, 6.07) is 14.9. The van der Waals surface area contributed by atoms with E-state index in [1.54, 1.807) is 49.6 Å². The number of rotatable bonds is 12. The van der Waals surface area contributed by atoms with Crippen molar-refractivity contribution in [3.05, 3.63) is 60.2 Å². The van der Waals surface area contributed by atoms with E-state index in [4.69, 9.17) is 4.74 Å². The Kier molecular flexibility index (Phi) is 9.92. The molecule has 0 aliphatic rings. The van der Waals surface area contributed by atoms with Crippen molar-refractivity contribution in [1.82, 2.24) is 10.2 Å². The maximum absolute atomic E-state index is 13.6. The van der Waals surface area contributed by atoms with Gasteiger partial charge in [-0.15, -0.1) is 0 Å². The van der Waals surface area contributed by atoms with Crippen LogP contribution in [0.2, 0.25) is 0 Å². The number of amides is 2. The summed E-state index contributed by atoms with van der Waals surface area (Å²) in [6.07, 6.45) is 2.20. The van der Waals surface area contributed by atoms with Crippen LogP contribution >= 0.6 is 0 Å². The van der Waals surface area contributed by atoms with E-state index in [-0.39, 0.29) is 18.5 Å². The first-order chi connectivity index (χ1) is 16.1. The van der Waals surface area contributed by atoms with Crippen molar-refractivity contribution in [2.24, 2.45) is 0 Å². The second-order valence-corrected chi connectivity index (χ2v) is 10.1. The molecule has 0 heterocycles. The van der Waals surface area contributed by atoms with Gasteiger partial charge in [-0.3, -0.25) is 13.9 Å². The largest absolute Gasteiger partial charge is 0.497 e. The minimum absolute atomic E-state index is 0.0451. The monoisotopic (exact) mass is 489 g/mol. The predicted octanol–water partition coefficient (Wildman–Crippen LogP) is 3.18. The minimum Gasteiger partial charge on any atom is -0.497 e. The van der Waals surface area contributed by atoms with Crippen LogP contribution in [0.25, 0.3) is 0 Å². The van der Waals surface area contributed by atoms with Gasteiger partial charge in [0.05, 0.1) is 19.1 Å². The van der Waals surface area contributed by atoms with Crippen molar-refractivity contribution >= 4 is 27.5 Å². The van der Waals surface area contributed by atoms with Crippen molar-refractivity contribution < 1.29 is 22.7 Å². The van der Waals surface area contributed by atoms with Crippen molar-refractivity contribution in [3.63, 3.8) is 0 Å². The van der Waals surface area contributed by atoms with E-state index in [2.05, 4.69) is 5.32 Å². The molecule has 0 aliphatic carbocycles. The van der Waals surface area contributed by atoms with Crippen LogP contribution in [0.4, 0.5) is 5.69 Å². The molecule has 0 radical (unpaired) electrons. The van der Waals surface area contributed by atoms with Gasteiger partial charge in [-0.2, -0.15) is 0 Å². The molecule has 34 heavy (non-hydrogen) atoms. The fraction of sp³-hybridized carbons (Fsp3) is 0.440. The van der Waals surface area contributed by atoms with E-state index in [9.17, 15) is 18.0 Å². The first-order valence-corrected chi connectivity index (χ1v) is 13.2. The van der Waals surface area contributed by atoms with Gasteiger partial charge < -0.3 is 15.0 Å². The van der Waals surface area contributed by atoms with Gasteiger partial charge in [0.2, 0.25) is 21.8 Å². The summed E-state index contributed by atoms with van der Waals surface area (Å²) in [6.45, 7) is 5.45. The second-order valence-electron chi connectivity index (χ2n) is 8.22. The van der Waals surface area contributed by atoms with Gasteiger partial charge in [0.15, 0.2) is 0 Å². The molecule has 2 aromatic rings. The zero-order chi connectivity index (χ0) is 25.3. The summed E-state index contributed by atoms with van der Waals surface area (Å²) < 4.78 is 31.3. The Balaban J connectivity index is 2.40. The molecule has 0 aromatic heterocycles. The first-order valence-electron chi connectivity index (χ1n) is 11.4. The Morgan fingerprint density at radius 2 is 1.62 bits per heavy atom. The lowest BCUT2D eigenvalue weighted by molar-refractivity contribution is -0.140. The molecule has 0 saturated heterocycles. The number of anilines is 1. The molecule has 8 nitrogen and oxygen atoms in total. The number of benzene rings is 2. The van der Waals surface area contributed by atoms with Gasteiger partial charge in [0.1, 0.15) is 18.3 Å². The summed E-state index contributed by atoms with van der Waals surface area (Å²) >= 11 is 0. The van der Waals surface area contributed by atoms with E-state index in [0.29, 0.717) is 17.9 Å². The zero-order valence-electron chi connectivity index (χ0n) is 20.5. The van der Waals surface area contributed by atoms with Crippen molar-refractivity contribution in [3.8, 4) is 5.75 Å². The lowest BCUT2D eigenvalue weighted by Crippen LogP contribution is -2.53. The number of methoxy groups -OCH3 is 1. The standard InChI is InChI=1S/C25H35N3O5S/c1-6-19(3)26-25(30)23(7-2)27(17-20-13-15-22(33-4)16-14-20)24(29)18-28(34(5,31)32)21-11-9-8-10-12-21/h8-16,19,23H,6-7,17-18H2,1-5H3,(H,26,30)/t19-,23+/m1/s1. The van der Waals surface area contributed by atoms with Gasteiger partial charge >= 0.3 is 0 Å². The number of hydrogen-bond donors (Lipinski definition) is 1. The number of carbonyl (C=O) groups excluding carboxylic acids is 2. The molecule has 1 N–H and O–H groups in total. The topological polar surface area (TPSA) is 96.0 Å². The molecule has 2 amide bonds. The molecule has 2 atom stereocenters. The highest BCUT2D eigenvalue weighted by Crippen LogP contribution is 2.20. The summed E-state index contributed by atoms with van der Waals surface area (Å²) in [5, 5.41) is 2.95. The minimum atomic E-state index is -3.74. The summed E-state index contributed by atoms with van der Waals surface area (Å²) in [5.74, 6) is -0.0453. The van der Waals surface area contributed by atoms with Gasteiger partial charge in [0.25, 0.3) is 0 Å². The number of carbonyl (C=O) groups is 2. The quantitative estimate of drug-likeness (QED) is 0.494. The van der Waals surface area contributed by atoms with Gasteiger partial charge in [-0.25, -0.2) is 8.42 Å². The zero-order valence-corrected chi connectivity index (χ0v) is 21.3. The van der Waals surface area contributed by atoms with Crippen molar-refractivity contribution in [1.29, 1.82) is 0 Å². The number of hydrogen-bond acceptors (Lipinski definition) is 5. The van der Waals surface area contributed by atoms with Crippen LogP contribution < -0.4 is 14.4 Å². The summed E-state index contributed by atoms with van der Waals surface area (Å²) in [5.41, 5.74) is 1.19. The molecular formula is C25H35N3O5S. The number of sulfonamides is 1. The van der Waals surface area contributed by atoms with Crippen LogP contribution in [0.5, 0.6) is 5.75 Å². The van der Waals surface area contributed by atoms with Crippen LogP contribution in [0, 0.1) is 0 Å². The average molecular weight is 490 g/mol. The molecule has 0 saturated carbocycles. The molecule has 0 unspecified atom stereocenters. The molecule has 0 fully saturated rings. The Labute approximate surface area is 202 Å². The lowest BCUT2D eigenvalue weighted by atomic mass is 10.1. The molecule has 9 heteroatoms. The van der Waals surface area contributed by atoms with Crippen LogP contribution in [0.15, 0.2) is 54.6 Å². The Morgan fingerprint density at radius 3 is 2.12 bits per heavy atom. The van der Waals surface area contributed by atoms with E-state index < -0.39 is 28.5 Å². The van der Waals surface area contributed by atoms with E-state index in [1.807, 2.05) is 32.9 Å². The molecule has 2 aromatic carbocycles. The van der Waals surface area contributed by atoms with Crippen LogP contribution in [0.1, 0.15) is 39.2 Å². The van der Waals surface area contributed by atoms with Gasteiger partial charge in [-0.1, -0.05) is 44.2 Å². The number of nitrogens with zero attached hydrogens (tertiary/aromatic N) is 2. The molecule has 2 rings (SSSR count). The van der Waals surface area contributed by atoms with E-state index in [1.165, 1.54) is 4.90 Å². The highest BCUT2D eigenvalue weighted by Gasteiger charge is 2.32. The fourth-order valence-corrected chi connectivity index (χ4v) is 4.35. The predicted molar refractivity (Wildman–Crippen MR) is 134 cm³/mol. The highest BCUT2D eigenvalue weighted by molar-refractivity contribution is 7.92. The lowest BCUT2D eigenvalue weighted by Gasteiger charge is -2.33. The van der Waals surface area contributed by atoms with E-state index in [0.717, 1.165) is 22.5 Å². The fourth-order valence-electron chi connectivity index (χ4n) is 3.50. The maximum atomic E-state index is 13.6. The Hall–Kier alpha value is -3.07. The Bertz CT molecular complexity index is 1040. The summed E-state index contributed by atoms with van der Waals surface area (Å²) in [4.78, 5) is 28.1. The van der Waals surface area contributed by atoms with Crippen molar-refractivity contribution in [2.75, 3.05) is 24.2 Å². The molecule has 0 bridgehead atoms. The van der Waals surface area contributed by atoms with Gasteiger partial charge in [-0.05, 0) is 49.6 Å². The van der Waals surface area contributed by atoms with Crippen LogP contribution in [-0.4, -0.2) is 57.1 Å². The third kappa shape index (κ3) is 7.48. The van der Waals surface area contributed by atoms with Crippen LogP contribution in [-0.2, 0) is 26.2 Å². The smallest absolute Gasteiger partial charge is 0.244 e. The Morgan fingerprint density at radius 1 is 1.00 bits per heavy atom. The maximum Gasteiger partial charge on any atom is 0.244 e. The van der Waals surface area contributed by atoms with E-state index >= 15 is 0 Å². The third-order valence-corrected chi connectivity index (χ3v) is 6.76. The van der Waals surface area contributed by atoms with Crippen LogP contribution in [0.3, 0.4) is 0 Å². The molecule has 0 spiro atoms. The number of nitrogens with one attached hydrogen (secondary N) is 1.